The zero-order chi connectivity index (χ0) is 13.1. The number of halogens is 1. The molecule has 2 nitrogen and oxygen atoms in total. The molecule has 1 heterocycles. The molecular weight excluding hydrogens is 264 g/mol. The smallest absolute Gasteiger partial charge is 0.0642 e. The molecular formula is C14H17ClN2S. The van der Waals surface area contributed by atoms with Gasteiger partial charge in [-0.25, -0.2) is 0 Å². The molecule has 0 aliphatic heterocycles. The third-order valence-corrected chi connectivity index (χ3v) is 4.51. The van der Waals surface area contributed by atoms with Crippen LogP contribution in [0.4, 0.5) is 5.69 Å². The van der Waals surface area contributed by atoms with Crippen LogP contribution in [0.1, 0.15) is 23.4 Å². The first-order chi connectivity index (χ1) is 8.63. The van der Waals surface area contributed by atoms with E-state index < -0.39 is 0 Å². The summed E-state index contributed by atoms with van der Waals surface area (Å²) in [6.45, 7) is 2.70. The van der Waals surface area contributed by atoms with Crippen LogP contribution in [0, 0.1) is 0 Å². The van der Waals surface area contributed by atoms with E-state index in [-0.39, 0.29) is 0 Å². The molecule has 96 valence electrons. The van der Waals surface area contributed by atoms with Crippen molar-refractivity contribution >= 4 is 28.6 Å². The van der Waals surface area contributed by atoms with Crippen LogP contribution in [0.15, 0.2) is 35.7 Å². The molecule has 0 bridgehead atoms. The predicted octanol–water partition coefficient (Wildman–Crippen LogP) is 4.06. The van der Waals surface area contributed by atoms with Crippen molar-refractivity contribution in [2.24, 2.45) is 5.73 Å². The van der Waals surface area contributed by atoms with Gasteiger partial charge in [0.2, 0.25) is 0 Å². The standard InChI is InChI=1S/C14H17ClN2S/c1-10(14-4-3-7-18-14)17(2)13-6-5-11(9-16)8-12(13)15/h3-8,10H,9,16H2,1-2H3. The van der Waals surface area contributed by atoms with Gasteiger partial charge in [-0.05, 0) is 36.1 Å². The maximum Gasteiger partial charge on any atom is 0.0642 e. The van der Waals surface area contributed by atoms with Crippen LogP contribution >= 0.6 is 22.9 Å². The maximum absolute atomic E-state index is 6.31. The lowest BCUT2D eigenvalue weighted by Crippen LogP contribution is -2.21. The number of hydrogen-bond acceptors (Lipinski definition) is 3. The molecule has 1 unspecified atom stereocenters. The van der Waals surface area contributed by atoms with Gasteiger partial charge in [0.1, 0.15) is 0 Å². The third kappa shape index (κ3) is 2.69. The highest BCUT2D eigenvalue weighted by atomic mass is 35.5. The number of anilines is 1. The van der Waals surface area contributed by atoms with Crippen molar-refractivity contribution in [3.63, 3.8) is 0 Å². The van der Waals surface area contributed by atoms with E-state index in [1.165, 1.54) is 4.88 Å². The predicted molar refractivity (Wildman–Crippen MR) is 80.5 cm³/mol. The molecule has 0 saturated carbocycles. The van der Waals surface area contributed by atoms with Crippen molar-refractivity contribution in [2.45, 2.75) is 19.5 Å². The van der Waals surface area contributed by atoms with Crippen molar-refractivity contribution in [1.82, 2.24) is 0 Å². The van der Waals surface area contributed by atoms with Crippen LogP contribution in [0.2, 0.25) is 5.02 Å². The van der Waals surface area contributed by atoms with Crippen LogP contribution in [0.5, 0.6) is 0 Å². The summed E-state index contributed by atoms with van der Waals surface area (Å²) in [6, 6.07) is 10.5. The maximum atomic E-state index is 6.31. The summed E-state index contributed by atoms with van der Waals surface area (Å²) < 4.78 is 0. The normalized spacial score (nSPS) is 12.4. The molecule has 0 amide bonds. The van der Waals surface area contributed by atoms with Gasteiger partial charge in [-0.1, -0.05) is 23.7 Å². The number of benzene rings is 1. The Morgan fingerprint density at radius 2 is 2.17 bits per heavy atom. The Bertz CT molecular complexity index is 511. The molecule has 2 aromatic rings. The van der Waals surface area contributed by atoms with E-state index in [0.29, 0.717) is 12.6 Å². The molecule has 0 aliphatic carbocycles. The van der Waals surface area contributed by atoms with E-state index >= 15 is 0 Å². The minimum absolute atomic E-state index is 0.311. The summed E-state index contributed by atoms with van der Waals surface area (Å²) in [5.74, 6) is 0. The van der Waals surface area contributed by atoms with Crippen LogP contribution in [0.3, 0.4) is 0 Å². The first-order valence-corrected chi connectivity index (χ1v) is 7.14. The summed E-state index contributed by atoms with van der Waals surface area (Å²) in [5, 5.41) is 2.85. The molecule has 2 N–H and O–H groups in total. The Kier molecular flexibility index (Phi) is 4.27. The van der Waals surface area contributed by atoms with Crippen LogP contribution < -0.4 is 10.6 Å². The zero-order valence-electron chi connectivity index (χ0n) is 10.6. The molecule has 1 aromatic carbocycles. The minimum atomic E-state index is 0.311. The summed E-state index contributed by atoms with van der Waals surface area (Å²) in [4.78, 5) is 3.52. The molecule has 1 aromatic heterocycles. The van der Waals surface area contributed by atoms with E-state index in [4.69, 9.17) is 17.3 Å². The average molecular weight is 281 g/mol. The molecule has 4 heteroatoms. The second-order valence-electron chi connectivity index (χ2n) is 4.29. The Balaban J connectivity index is 2.26. The van der Waals surface area contributed by atoms with Crippen molar-refractivity contribution in [3.8, 4) is 0 Å². The first-order valence-electron chi connectivity index (χ1n) is 5.88. The van der Waals surface area contributed by atoms with Gasteiger partial charge in [-0.3, -0.25) is 0 Å². The van der Waals surface area contributed by atoms with Gasteiger partial charge < -0.3 is 10.6 Å². The topological polar surface area (TPSA) is 29.3 Å². The minimum Gasteiger partial charge on any atom is -0.366 e. The van der Waals surface area contributed by atoms with Gasteiger partial charge in [0.25, 0.3) is 0 Å². The highest BCUT2D eigenvalue weighted by Gasteiger charge is 2.15. The van der Waals surface area contributed by atoms with E-state index in [2.05, 4.69) is 36.4 Å². The van der Waals surface area contributed by atoms with E-state index in [9.17, 15) is 0 Å². The molecule has 0 saturated heterocycles. The van der Waals surface area contributed by atoms with Crippen molar-refractivity contribution in [3.05, 3.63) is 51.2 Å². The third-order valence-electron chi connectivity index (χ3n) is 3.16. The van der Waals surface area contributed by atoms with Crippen LogP contribution in [-0.2, 0) is 6.54 Å². The Morgan fingerprint density at radius 3 is 2.72 bits per heavy atom. The summed E-state index contributed by atoms with van der Waals surface area (Å²) >= 11 is 8.08. The van der Waals surface area contributed by atoms with E-state index in [0.717, 1.165) is 16.3 Å². The molecule has 1 atom stereocenters. The fraction of sp³-hybridized carbons (Fsp3) is 0.286. The SMILES string of the molecule is CC(c1cccs1)N(C)c1ccc(CN)cc1Cl. The monoisotopic (exact) mass is 280 g/mol. The lowest BCUT2D eigenvalue weighted by Gasteiger charge is -2.27. The fourth-order valence-corrected chi connectivity index (χ4v) is 3.05. The van der Waals surface area contributed by atoms with Crippen molar-refractivity contribution < 1.29 is 0 Å². The number of nitrogens with zero attached hydrogens (tertiary/aromatic N) is 1. The lowest BCUT2D eigenvalue weighted by molar-refractivity contribution is 0.754. The number of thiophene rings is 1. The summed E-state index contributed by atoms with van der Waals surface area (Å²) in [6.07, 6.45) is 0. The number of rotatable bonds is 4. The highest BCUT2D eigenvalue weighted by Crippen LogP contribution is 2.33. The molecule has 18 heavy (non-hydrogen) atoms. The molecule has 0 spiro atoms. The molecule has 2 rings (SSSR count). The van der Waals surface area contributed by atoms with Crippen molar-refractivity contribution in [1.29, 1.82) is 0 Å². The number of hydrogen-bond donors (Lipinski definition) is 1. The Hall–Kier alpha value is -1.03. The molecule has 0 radical (unpaired) electrons. The van der Waals surface area contributed by atoms with Gasteiger partial charge in [0, 0.05) is 18.5 Å². The first kappa shape index (κ1) is 13.4. The second-order valence-corrected chi connectivity index (χ2v) is 5.68. The average Bonchev–Trinajstić information content (AvgIpc) is 2.90. The largest absolute Gasteiger partial charge is 0.366 e. The van der Waals surface area contributed by atoms with Crippen molar-refractivity contribution in [2.75, 3.05) is 11.9 Å². The quantitative estimate of drug-likeness (QED) is 0.915. The van der Waals surface area contributed by atoms with E-state index in [1.54, 1.807) is 11.3 Å². The summed E-state index contributed by atoms with van der Waals surface area (Å²) in [7, 11) is 2.06. The molecule has 0 fully saturated rings. The number of nitrogens with two attached hydrogens (primary N) is 1. The molecule has 0 aliphatic rings. The lowest BCUT2D eigenvalue weighted by atomic mass is 10.1. The van der Waals surface area contributed by atoms with Gasteiger partial charge in [0.05, 0.1) is 16.8 Å². The van der Waals surface area contributed by atoms with Crippen LogP contribution in [-0.4, -0.2) is 7.05 Å². The van der Waals surface area contributed by atoms with Gasteiger partial charge in [-0.2, -0.15) is 0 Å². The van der Waals surface area contributed by atoms with E-state index in [1.807, 2.05) is 18.2 Å². The van der Waals surface area contributed by atoms with Gasteiger partial charge in [0.15, 0.2) is 0 Å². The van der Waals surface area contributed by atoms with Gasteiger partial charge in [-0.15, -0.1) is 11.3 Å². The van der Waals surface area contributed by atoms with Gasteiger partial charge >= 0.3 is 0 Å². The Labute approximate surface area is 117 Å². The fourth-order valence-electron chi connectivity index (χ4n) is 1.89. The highest BCUT2D eigenvalue weighted by molar-refractivity contribution is 7.10. The Morgan fingerprint density at radius 1 is 1.39 bits per heavy atom. The van der Waals surface area contributed by atoms with Crippen LogP contribution in [0.25, 0.3) is 0 Å². The summed E-state index contributed by atoms with van der Waals surface area (Å²) in [5.41, 5.74) is 7.70. The zero-order valence-corrected chi connectivity index (χ0v) is 12.1. The second kappa shape index (κ2) is 5.74.